The minimum absolute atomic E-state index is 0.105. The maximum absolute atomic E-state index is 12.8. The average Bonchev–Trinajstić information content (AvgIpc) is 3.31. The number of ketones is 1. The Morgan fingerprint density at radius 3 is 2.58 bits per heavy atom. The van der Waals surface area contributed by atoms with Crippen molar-refractivity contribution in [3.05, 3.63) is 35.3 Å². The van der Waals surface area contributed by atoms with E-state index in [1.807, 2.05) is 19.9 Å². The summed E-state index contributed by atoms with van der Waals surface area (Å²) in [6.07, 6.45) is 3.41. The normalized spacial score (nSPS) is 44.3. The largest absolute Gasteiger partial charge is 0.472 e. The van der Waals surface area contributed by atoms with Crippen LogP contribution in [0.15, 0.2) is 34.2 Å². The summed E-state index contributed by atoms with van der Waals surface area (Å²) < 4.78 is 17.2. The van der Waals surface area contributed by atoms with Gasteiger partial charge in [0.05, 0.1) is 25.2 Å². The van der Waals surface area contributed by atoms with E-state index in [9.17, 15) is 14.7 Å². The van der Waals surface area contributed by atoms with Gasteiger partial charge < -0.3 is 19.0 Å². The van der Waals surface area contributed by atoms with Crippen LogP contribution >= 0.6 is 0 Å². The van der Waals surface area contributed by atoms with Crippen molar-refractivity contribution in [1.82, 2.24) is 0 Å². The second kappa shape index (κ2) is 6.55. The number of aliphatic hydroxyl groups is 1. The number of hydrogen-bond acceptors (Lipinski definition) is 6. The lowest BCUT2D eigenvalue weighted by molar-refractivity contribution is -0.175. The second-order valence-electron chi connectivity index (χ2n) is 11.0. The zero-order chi connectivity index (χ0) is 22.3. The minimum Gasteiger partial charge on any atom is -0.472 e. The van der Waals surface area contributed by atoms with E-state index in [1.54, 1.807) is 12.5 Å². The summed E-state index contributed by atoms with van der Waals surface area (Å²) in [4.78, 5) is 25.5. The molecule has 0 radical (unpaired) electrons. The molecular weight excluding hydrogens is 396 g/mol. The molecule has 1 aromatic rings. The van der Waals surface area contributed by atoms with E-state index in [0.717, 1.165) is 29.6 Å². The van der Waals surface area contributed by atoms with Crippen molar-refractivity contribution in [2.75, 3.05) is 6.61 Å². The molecule has 31 heavy (non-hydrogen) atoms. The number of furan rings is 1. The van der Waals surface area contributed by atoms with E-state index in [2.05, 4.69) is 20.8 Å². The molecule has 1 aromatic heterocycles. The van der Waals surface area contributed by atoms with Gasteiger partial charge in [0.15, 0.2) is 6.10 Å². The third-order valence-corrected chi connectivity index (χ3v) is 9.29. The molecule has 6 heteroatoms. The fourth-order valence-electron chi connectivity index (χ4n) is 7.45. The van der Waals surface area contributed by atoms with E-state index < -0.39 is 29.0 Å². The molecule has 3 fully saturated rings. The third-order valence-electron chi connectivity index (χ3n) is 9.29. The molecule has 0 aromatic carbocycles. The van der Waals surface area contributed by atoms with E-state index in [0.29, 0.717) is 13.0 Å². The molecule has 6 nitrogen and oxygen atoms in total. The van der Waals surface area contributed by atoms with Crippen LogP contribution in [0, 0.1) is 28.1 Å². The SMILES string of the molecule is CC1=C2C(O)C(=O)OC(c3ccoc3)C2(C)CCC1C1(C)C2CC(=O)C(C)(C)C1CO2. The van der Waals surface area contributed by atoms with Crippen LogP contribution < -0.4 is 0 Å². The Morgan fingerprint density at radius 1 is 1.16 bits per heavy atom. The first-order valence-corrected chi connectivity index (χ1v) is 11.3. The Balaban J connectivity index is 1.62. The molecule has 2 aliphatic heterocycles. The lowest BCUT2D eigenvalue weighted by Gasteiger charge is -2.56. The van der Waals surface area contributed by atoms with Crippen LogP contribution in [0.4, 0.5) is 0 Å². The summed E-state index contributed by atoms with van der Waals surface area (Å²) >= 11 is 0. The van der Waals surface area contributed by atoms with E-state index in [1.165, 1.54) is 0 Å². The number of allylic oxidation sites excluding steroid dienone is 1. The number of ether oxygens (including phenoxy) is 2. The van der Waals surface area contributed by atoms with Crippen LogP contribution in [0.2, 0.25) is 0 Å². The Labute approximate surface area is 183 Å². The number of rotatable bonds is 2. The number of hydrogen-bond donors (Lipinski definition) is 1. The van der Waals surface area contributed by atoms with Gasteiger partial charge in [-0.3, -0.25) is 4.79 Å². The molecule has 0 spiro atoms. The van der Waals surface area contributed by atoms with E-state index >= 15 is 0 Å². The van der Waals surface area contributed by atoms with Crippen LogP contribution in [0.5, 0.6) is 0 Å². The molecule has 7 unspecified atom stereocenters. The molecule has 2 saturated heterocycles. The van der Waals surface area contributed by atoms with Gasteiger partial charge in [-0.05, 0) is 37.3 Å². The number of carbonyl (C=O) groups excluding carboxylic acids is 2. The van der Waals surface area contributed by atoms with Gasteiger partial charge in [0.1, 0.15) is 11.9 Å². The van der Waals surface area contributed by atoms with Crippen LogP contribution in [0.1, 0.15) is 65.5 Å². The fourth-order valence-corrected chi connectivity index (χ4v) is 7.45. The predicted molar refractivity (Wildman–Crippen MR) is 112 cm³/mol. The number of esters is 1. The van der Waals surface area contributed by atoms with Crippen molar-refractivity contribution >= 4 is 11.8 Å². The highest BCUT2D eigenvalue weighted by atomic mass is 16.6. The molecule has 4 aliphatic rings. The first-order chi connectivity index (χ1) is 14.5. The van der Waals surface area contributed by atoms with Gasteiger partial charge in [0.2, 0.25) is 0 Å². The number of cyclic esters (lactones) is 1. The van der Waals surface area contributed by atoms with Gasteiger partial charge in [-0.15, -0.1) is 0 Å². The molecule has 168 valence electrons. The maximum atomic E-state index is 12.8. The number of carbonyl (C=O) groups is 2. The molecule has 2 aliphatic carbocycles. The van der Waals surface area contributed by atoms with Crippen molar-refractivity contribution < 1.29 is 28.6 Å². The van der Waals surface area contributed by atoms with Crippen LogP contribution in [0.25, 0.3) is 0 Å². The highest BCUT2D eigenvalue weighted by molar-refractivity contribution is 5.86. The monoisotopic (exact) mass is 428 g/mol. The maximum Gasteiger partial charge on any atom is 0.339 e. The third kappa shape index (κ3) is 2.58. The van der Waals surface area contributed by atoms with Crippen molar-refractivity contribution in [3.8, 4) is 0 Å². The zero-order valence-electron chi connectivity index (χ0n) is 18.9. The predicted octanol–water partition coefficient (Wildman–Crippen LogP) is 3.99. The lowest BCUT2D eigenvalue weighted by Crippen LogP contribution is -2.56. The van der Waals surface area contributed by atoms with Crippen LogP contribution in [0.3, 0.4) is 0 Å². The van der Waals surface area contributed by atoms with Gasteiger partial charge in [0, 0.05) is 34.1 Å². The molecule has 0 amide bonds. The summed E-state index contributed by atoms with van der Waals surface area (Å²) in [5.74, 6) is -0.105. The molecule has 1 N–H and O–H groups in total. The quantitative estimate of drug-likeness (QED) is 0.566. The highest BCUT2D eigenvalue weighted by Gasteiger charge is 2.65. The smallest absolute Gasteiger partial charge is 0.339 e. The van der Waals surface area contributed by atoms with Crippen LogP contribution in [-0.4, -0.2) is 35.7 Å². The molecule has 7 atom stereocenters. The molecular formula is C25H32O6. The number of Topliss-reactive ketones (excluding diaryl/α,β-unsaturated/α-hetero) is 1. The minimum atomic E-state index is -1.27. The summed E-state index contributed by atoms with van der Waals surface area (Å²) in [6, 6.07) is 1.82. The average molecular weight is 429 g/mol. The highest BCUT2D eigenvalue weighted by Crippen LogP contribution is 2.65. The second-order valence-corrected chi connectivity index (χ2v) is 11.0. The number of fused-ring (bicyclic) bond motifs is 3. The first kappa shape index (κ1) is 21.0. The van der Waals surface area contributed by atoms with Gasteiger partial charge in [-0.1, -0.05) is 33.3 Å². The standard InChI is InChI=1S/C25H32O6/c1-13-15(25(5)16-12-30-18(25)10-17(26)23(16,2)3)6-8-24(4)19(13)20(27)22(28)31-21(24)14-7-9-29-11-14/h7,9,11,15-16,18,20-21,27H,6,8,10,12H2,1-5H3. The Morgan fingerprint density at radius 2 is 1.90 bits per heavy atom. The summed E-state index contributed by atoms with van der Waals surface area (Å²) in [5.41, 5.74) is 1.47. The molecule has 3 heterocycles. The summed E-state index contributed by atoms with van der Waals surface area (Å²) in [5, 5.41) is 11.0. The van der Waals surface area contributed by atoms with Crippen molar-refractivity contribution in [1.29, 1.82) is 0 Å². The fraction of sp³-hybridized carbons (Fsp3) is 0.680. The zero-order valence-corrected chi connectivity index (χ0v) is 18.9. The Kier molecular flexibility index (Phi) is 4.43. The Bertz CT molecular complexity index is 959. The van der Waals surface area contributed by atoms with Crippen LogP contribution in [-0.2, 0) is 19.1 Å². The van der Waals surface area contributed by atoms with Crippen molar-refractivity contribution in [2.45, 2.75) is 72.2 Å². The number of aliphatic hydroxyl groups excluding tert-OH is 1. The molecule has 1 saturated carbocycles. The topological polar surface area (TPSA) is 86.0 Å². The van der Waals surface area contributed by atoms with Crippen molar-refractivity contribution in [3.63, 3.8) is 0 Å². The molecule has 5 rings (SSSR count). The van der Waals surface area contributed by atoms with Gasteiger partial charge in [0.25, 0.3) is 0 Å². The van der Waals surface area contributed by atoms with Gasteiger partial charge >= 0.3 is 5.97 Å². The lowest BCUT2D eigenvalue weighted by atomic mass is 9.48. The summed E-state index contributed by atoms with van der Waals surface area (Å²) in [6.45, 7) is 11.1. The molecule has 2 bridgehead atoms. The van der Waals surface area contributed by atoms with E-state index in [-0.39, 0.29) is 29.1 Å². The van der Waals surface area contributed by atoms with Gasteiger partial charge in [-0.25, -0.2) is 4.79 Å². The Hall–Kier alpha value is -1.92. The van der Waals surface area contributed by atoms with Gasteiger partial charge in [-0.2, -0.15) is 0 Å². The summed E-state index contributed by atoms with van der Waals surface area (Å²) in [7, 11) is 0. The first-order valence-electron chi connectivity index (χ1n) is 11.3. The van der Waals surface area contributed by atoms with E-state index in [4.69, 9.17) is 13.9 Å². The van der Waals surface area contributed by atoms with Crippen molar-refractivity contribution in [2.24, 2.45) is 28.1 Å².